The normalized spacial score (nSPS) is 14.7. The average Bonchev–Trinajstić information content (AvgIpc) is 2.79. The molecule has 1 aromatic rings. The van der Waals surface area contributed by atoms with Gasteiger partial charge >= 0.3 is 6.09 Å². The smallest absolute Gasteiger partial charge is 0.410 e. The third-order valence-electron chi connectivity index (χ3n) is 3.18. The summed E-state index contributed by atoms with van der Waals surface area (Å²) in [7, 11) is 0. The maximum absolute atomic E-state index is 11.9. The van der Waals surface area contributed by atoms with Crippen LogP contribution >= 0.6 is 0 Å². The van der Waals surface area contributed by atoms with Gasteiger partial charge in [0.1, 0.15) is 6.61 Å². The second-order valence-electron chi connectivity index (χ2n) is 4.71. The van der Waals surface area contributed by atoms with Crippen LogP contribution in [0.2, 0.25) is 0 Å². The first-order valence-electron chi connectivity index (χ1n) is 6.23. The fourth-order valence-corrected chi connectivity index (χ4v) is 2.11. The first-order chi connectivity index (χ1) is 9.08. The van der Waals surface area contributed by atoms with Crippen LogP contribution in [0.25, 0.3) is 0 Å². The van der Waals surface area contributed by atoms with Crippen LogP contribution in [-0.2, 0) is 16.1 Å². The highest BCUT2D eigenvalue weighted by Crippen LogP contribution is 2.18. The monoisotopic (exact) mass is 259 g/mol. The predicted octanol–water partition coefficient (Wildman–Crippen LogP) is 2.54. The minimum atomic E-state index is -0.376. The van der Waals surface area contributed by atoms with E-state index in [0.717, 1.165) is 16.7 Å². The van der Waals surface area contributed by atoms with Gasteiger partial charge in [0.25, 0.3) is 0 Å². The first kappa shape index (κ1) is 13.3. The van der Waals surface area contributed by atoms with Crippen LogP contribution in [-0.4, -0.2) is 29.9 Å². The summed E-state index contributed by atoms with van der Waals surface area (Å²) in [5.74, 6) is 0.0239. The SMILES string of the molecule is CC(=O)C1=C(C)CN(C(=O)OCc2ccccc2)C1. The van der Waals surface area contributed by atoms with Crippen LogP contribution in [0.1, 0.15) is 19.4 Å². The quantitative estimate of drug-likeness (QED) is 0.838. The van der Waals surface area contributed by atoms with Gasteiger partial charge in [0, 0.05) is 12.1 Å². The van der Waals surface area contributed by atoms with E-state index < -0.39 is 0 Å². The van der Waals surface area contributed by atoms with E-state index in [1.54, 1.807) is 4.90 Å². The lowest BCUT2D eigenvalue weighted by Crippen LogP contribution is -2.30. The average molecular weight is 259 g/mol. The van der Waals surface area contributed by atoms with Gasteiger partial charge in [-0.2, -0.15) is 0 Å². The molecule has 0 atom stereocenters. The summed E-state index contributed by atoms with van der Waals surface area (Å²) in [5, 5.41) is 0. The fraction of sp³-hybridized carbons (Fsp3) is 0.333. The minimum Gasteiger partial charge on any atom is -0.445 e. The number of hydrogen-bond acceptors (Lipinski definition) is 3. The number of hydrogen-bond donors (Lipinski definition) is 0. The molecule has 4 nitrogen and oxygen atoms in total. The number of carbonyl (C=O) groups excluding carboxylic acids is 2. The molecule has 1 aliphatic heterocycles. The Morgan fingerprint density at radius 3 is 2.47 bits per heavy atom. The Morgan fingerprint density at radius 1 is 1.21 bits per heavy atom. The van der Waals surface area contributed by atoms with Crippen LogP contribution in [0.15, 0.2) is 41.5 Å². The molecule has 0 unspecified atom stereocenters. The van der Waals surface area contributed by atoms with Gasteiger partial charge < -0.3 is 4.74 Å². The van der Waals surface area contributed by atoms with E-state index >= 15 is 0 Å². The summed E-state index contributed by atoms with van der Waals surface area (Å²) in [6, 6.07) is 9.53. The summed E-state index contributed by atoms with van der Waals surface area (Å²) in [6.07, 6.45) is -0.376. The van der Waals surface area contributed by atoms with E-state index in [2.05, 4.69) is 0 Å². The van der Waals surface area contributed by atoms with Gasteiger partial charge in [-0.3, -0.25) is 9.69 Å². The number of carbonyl (C=O) groups is 2. The van der Waals surface area contributed by atoms with Crippen LogP contribution in [0.5, 0.6) is 0 Å². The highest BCUT2D eigenvalue weighted by molar-refractivity contribution is 5.95. The Balaban J connectivity index is 1.88. The zero-order valence-corrected chi connectivity index (χ0v) is 11.2. The van der Waals surface area contributed by atoms with Gasteiger partial charge in [-0.05, 0) is 25.0 Å². The van der Waals surface area contributed by atoms with Gasteiger partial charge in [-0.25, -0.2) is 4.79 Å². The highest BCUT2D eigenvalue weighted by Gasteiger charge is 2.26. The first-order valence-corrected chi connectivity index (χ1v) is 6.23. The second kappa shape index (κ2) is 5.69. The topological polar surface area (TPSA) is 46.6 Å². The Labute approximate surface area is 112 Å². The van der Waals surface area contributed by atoms with Crippen molar-refractivity contribution in [1.29, 1.82) is 0 Å². The number of rotatable bonds is 3. The molecule has 100 valence electrons. The Kier molecular flexibility index (Phi) is 4.00. The standard InChI is InChI=1S/C15H17NO3/c1-11-8-16(9-14(11)12(2)17)15(18)19-10-13-6-4-3-5-7-13/h3-7H,8-10H2,1-2H3. The summed E-state index contributed by atoms with van der Waals surface area (Å²) in [4.78, 5) is 24.8. The number of Topliss-reactive ketones (excluding diaryl/α,β-unsaturated/α-hetero) is 1. The van der Waals surface area contributed by atoms with Crippen molar-refractivity contribution in [2.75, 3.05) is 13.1 Å². The van der Waals surface area contributed by atoms with Crippen molar-refractivity contribution >= 4 is 11.9 Å². The molecule has 4 heteroatoms. The van der Waals surface area contributed by atoms with Crippen molar-refractivity contribution in [3.8, 4) is 0 Å². The third-order valence-corrected chi connectivity index (χ3v) is 3.18. The summed E-state index contributed by atoms with van der Waals surface area (Å²) >= 11 is 0. The molecule has 1 heterocycles. The van der Waals surface area contributed by atoms with Crippen molar-refractivity contribution in [2.45, 2.75) is 20.5 Å². The summed E-state index contributed by atoms with van der Waals surface area (Å²) < 4.78 is 5.24. The number of benzene rings is 1. The van der Waals surface area contributed by atoms with Gasteiger partial charge in [0.2, 0.25) is 0 Å². The third kappa shape index (κ3) is 3.22. The molecule has 19 heavy (non-hydrogen) atoms. The van der Waals surface area contributed by atoms with Crippen LogP contribution in [0, 0.1) is 0 Å². The van der Waals surface area contributed by atoms with E-state index in [4.69, 9.17) is 4.74 Å². The fourth-order valence-electron chi connectivity index (χ4n) is 2.11. The zero-order chi connectivity index (χ0) is 13.8. The second-order valence-corrected chi connectivity index (χ2v) is 4.71. The number of ketones is 1. The highest BCUT2D eigenvalue weighted by atomic mass is 16.6. The molecule has 2 rings (SSSR count). The summed E-state index contributed by atoms with van der Waals surface area (Å²) in [5.41, 5.74) is 2.62. The van der Waals surface area contributed by atoms with E-state index in [0.29, 0.717) is 13.1 Å². The van der Waals surface area contributed by atoms with Gasteiger partial charge in [-0.1, -0.05) is 30.3 Å². The molecular weight excluding hydrogens is 242 g/mol. The van der Waals surface area contributed by atoms with Crippen molar-refractivity contribution in [3.63, 3.8) is 0 Å². The van der Waals surface area contributed by atoms with Gasteiger partial charge in [0.05, 0.1) is 6.54 Å². The number of ether oxygens (including phenoxy) is 1. The van der Waals surface area contributed by atoms with Crippen molar-refractivity contribution in [3.05, 3.63) is 47.0 Å². The molecule has 0 aromatic heterocycles. The zero-order valence-electron chi connectivity index (χ0n) is 11.2. The molecule has 0 radical (unpaired) electrons. The van der Waals surface area contributed by atoms with E-state index in [1.807, 2.05) is 37.3 Å². The van der Waals surface area contributed by atoms with Crippen molar-refractivity contribution < 1.29 is 14.3 Å². The molecule has 0 bridgehead atoms. The lowest BCUT2D eigenvalue weighted by molar-refractivity contribution is -0.113. The minimum absolute atomic E-state index is 0.0239. The summed E-state index contributed by atoms with van der Waals surface area (Å²) in [6.45, 7) is 4.49. The number of nitrogens with zero attached hydrogens (tertiary/aromatic N) is 1. The largest absolute Gasteiger partial charge is 0.445 e. The molecule has 0 spiro atoms. The van der Waals surface area contributed by atoms with E-state index in [-0.39, 0.29) is 18.5 Å². The maximum Gasteiger partial charge on any atom is 0.410 e. The molecule has 1 amide bonds. The van der Waals surface area contributed by atoms with Crippen LogP contribution in [0.4, 0.5) is 4.79 Å². The van der Waals surface area contributed by atoms with Crippen molar-refractivity contribution in [2.24, 2.45) is 0 Å². The maximum atomic E-state index is 11.9. The molecule has 0 fully saturated rings. The lowest BCUT2D eigenvalue weighted by Gasteiger charge is -2.16. The van der Waals surface area contributed by atoms with E-state index in [9.17, 15) is 9.59 Å². The molecule has 1 aromatic carbocycles. The molecule has 0 N–H and O–H groups in total. The van der Waals surface area contributed by atoms with Crippen LogP contribution < -0.4 is 0 Å². The van der Waals surface area contributed by atoms with Gasteiger partial charge in [0.15, 0.2) is 5.78 Å². The molecule has 0 aliphatic carbocycles. The molecule has 0 saturated heterocycles. The molecule has 1 aliphatic rings. The van der Waals surface area contributed by atoms with E-state index in [1.165, 1.54) is 6.92 Å². The Hall–Kier alpha value is -2.10. The number of amides is 1. The predicted molar refractivity (Wildman–Crippen MR) is 71.6 cm³/mol. The molecular formula is C15H17NO3. The molecule has 0 saturated carbocycles. The van der Waals surface area contributed by atoms with Crippen molar-refractivity contribution in [1.82, 2.24) is 4.90 Å². The Bertz CT molecular complexity index is 519. The Morgan fingerprint density at radius 2 is 1.89 bits per heavy atom. The lowest BCUT2D eigenvalue weighted by atomic mass is 10.1. The van der Waals surface area contributed by atoms with Crippen LogP contribution in [0.3, 0.4) is 0 Å². The van der Waals surface area contributed by atoms with Gasteiger partial charge in [-0.15, -0.1) is 0 Å².